The fourth-order valence-corrected chi connectivity index (χ4v) is 2.39. The summed E-state index contributed by atoms with van der Waals surface area (Å²) < 4.78 is 41.7. The Labute approximate surface area is 118 Å². The number of ether oxygens (including phenoxy) is 1. The molecule has 1 aromatic carbocycles. The van der Waals surface area contributed by atoms with Crippen molar-refractivity contribution >= 4 is 22.7 Å². The zero-order valence-corrected chi connectivity index (χ0v) is 11.2. The Hall–Kier alpha value is -1.89. The molecule has 0 atom stereocenters. The Morgan fingerprint density at radius 2 is 2.15 bits per heavy atom. The lowest BCUT2D eigenvalue weighted by atomic mass is 10.2. The van der Waals surface area contributed by atoms with Crippen molar-refractivity contribution in [2.75, 3.05) is 17.6 Å². The summed E-state index contributed by atoms with van der Waals surface area (Å²) in [6, 6.07) is 6.04. The maximum Gasteiger partial charge on any atom is 0.387 e. The number of thiophene rings is 1. The smallest absolute Gasteiger partial charge is 0.387 e. The molecule has 0 fully saturated rings. The van der Waals surface area contributed by atoms with E-state index in [1.165, 1.54) is 4.88 Å². The largest absolute Gasteiger partial charge is 0.432 e. The van der Waals surface area contributed by atoms with Gasteiger partial charge in [-0.2, -0.15) is 8.78 Å². The highest BCUT2D eigenvalue weighted by molar-refractivity contribution is 7.09. The SMILES string of the molecule is Nc1cc(F)c(OC(F)F)cc1NCCc1cccs1. The molecule has 0 bridgehead atoms. The molecule has 2 aromatic rings. The molecule has 0 amide bonds. The van der Waals surface area contributed by atoms with Gasteiger partial charge in [0.05, 0.1) is 11.4 Å². The first-order valence-corrected chi connectivity index (χ1v) is 6.74. The topological polar surface area (TPSA) is 47.3 Å². The number of nitrogen functional groups attached to an aromatic ring is 1. The van der Waals surface area contributed by atoms with Crippen molar-refractivity contribution in [1.82, 2.24) is 0 Å². The van der Waals surface area contributed by atoms with Crippen LogP contribution in [0.4, 0.5) is 24.5 Å². The van der Waals surface area contributed by atoms with Crippen LogP contribution in [0.25, 0.3) is 0 Å². The third-order valence-electron chi connectivity index (χ3n) is 2.59. The summed E-state index contributed by atoms with van der Waals surface area (Å²) >= 11 is 1.62. The number of benzene rings is 1. The molecule has 20 heavy (non-hydrogen) atoms. The van der Waals surface area contributed by atoms with E-state index in [1.807, 2.05) is 17.5 Å². The molecular formula is C13H13F3N2OS. The Morgan fingerprint density at radius 3 is 2.80 bits per heavy atom. The van der Waals surface area contributed by atoms with Crippen LogP contribution in [0.5, 0.6) is 5.75 Å². The highest BCUT2D eigenvalue weighted by Gasteiger charge is 2.13. The van der Waals surface area contributed by atoms with Crippen LogP contribution in [0.2, 0.25) is 0 Å². The van der Waals surface area contributed by atoms with E-state index in [0.29, 0.717) is 12.2 Å². The lowest BCUT2D eigenvalue weighted by molar-refractivity contribution is -0.0521. The molecule has 3 nitrogen and oxygen atoms in total. The quantitative estimate of drug-likeness (QED) is 0.799. The summed E-state index contributed by atoms with van der Waals surface area (Å²) in [5.74, 6) is -1.43. The third-order valence-corrected chi connectivity index (χ3v) is 3.52. The number of hydrogen-bond donors (Lipinski definition) is 2. The average Bonchev–Trinajstić information content (AvgIpc) is 2.87. The van der Waals surface area contributed by atoms with E-state index in [9.17, 15) is 13.2 Å². The minimum atomic E-state index is -3.08. The second-order valence-corrected chi connectivity index (χ2v) is 5.04. The fraction of sp³-hybridized carbons (Fsp3) is 0.231. The zero-order valence-electron chi connectivity index (χ0n) is 10.4. The van der Waals surface area contributed by atoms with Crippen molar-refractivity contribution in [3.63, 3.8) is 0 Å². The van der Waals surface area contributed by atoms with E-state index in [0.717, 1.165) is 18.6 Å². The van der Waals surface area contributed by atoms with Gasteiger partial charge in [0.1, 0.15) is 0 Å². The summed E-state index contributed by atoms with van der Waals surface area (Å²) in [6.07, 6.45) is 0.763. The van der Waals surface area contributed by atoms with E-state index in [2.05, 4.69) is 10.1 Å². The number of halogens is 3. The first-order valence-electron chi connectivity index (χ1n) is 5.86. The highest BCUT2D eigenvalue weighted by atomic mass is 32.1. The van der Waals surface area contributed by atoms with Crippen LogP contribution in [0.15, 0.2) is 29.6 Å². The van der Waals surface area contributed by atoms with Gasteiger partial charge in [-0.1, -0.05) is 6.07 Å². The molecule has 1 aromatic heterocycles. The monoisotopic (exact) mass is 302 g/mol. The number of nitrogens with two attached hydrogens (primary N) is 1. The van der Waals surface area contributed by atoms with Gasteiger partial charge in [0, 0.05) is 23.6 Å². The van der Waals surface area contributed by atoms with Crippen molar-refractivity contribution in [1.29, 1.82) is 0 Å². The van der Waals surface area contributed by atoms with E-state index in [4.69, 9.17) is 5.73 Å². The van der Waals surface area contributed by atoms with Gasteiger partial charge >= 0.3 is 6.61 Å². The van der Waals surface area contributed by atoms with Crippen LogP contribution >= 0.6 is 11.3 Å². The van der Waals surface area contributed by atoms with Gasteiger partial charge < -0.3 is 15.8 Å². The van der Waals surface area contributed by atoms with Crippen molar-refractivity contribution in [3.8, 4) is 5.75 Å². The second-order valence-electron chi connectivity index (χ2n) is 4.00. The van der Waals surface area contributed by atoms with Gasteiger partial charge in [-0.3, -0.25) is 0 Å². The molecule has 0 saturated carbocycles. The molecule has 7 heteroatoms. The lowest BCUT2D eigenvalue weighted by Gasteiger charge is -2.12. The molecule has 0 aliphatic carbocycles. The summed E-state index contributed by atoms with van der Waals surface area (Å²) in [5.41, 5.74) is 6.16. The summed E-state index contributed by atoms with van der Waals surface area (Å²) in [6.45, 7) is -2.52. The molecule has 1 heterocycles. The Kier molecular flexibility index (Phi) is 4.73. The lowest BCUT2D eigenvalue weighted by Crippen LogP contribution is -2.09. The molecule has 0 unspecified atom stereocenters. The van der Waals surface area contributed by atoms with Crippen LogP contribution in [0.1, 0.15) is 4.88 Å². The standard InChI is InChI=1S/C13H13F3N2OS/c14-9-6-10(17)11(7-12(9)19-13(15)16)18-4-3-8-2-1-5-20-8/h1-2,5-7,13,18H,3-4,17H2. The molecule has 2 rings (SSSR count). The number of rotatable bonds is 6. The van der Waals surface area contributed by atoms with E-state index < -0.39 is 18.2 Å². The second kappa shape index (κ2) is 6.51. The van der Waals surface area contributed by atoms with Crippen LogP contribution < -0.4 is 15.8 Å². The van der Waals surface area contributed by atoms with Gasteiger partial charge in [0.25, 0.3) is 0 Å². The van der Waals surface area contributed by atoms with E-state index in [1.54, 1.807) is 11.3 Å². The Bertz CT molecular complexity index is 561. The van der Waals surface area contributed by atoms with E-state index >= 15 is 0 Å². The first kappa shape index (κ1) is 14.5. The van der Waals surface area contributed by atoms with Crippen molar-refractivity contribution in [2.24, 2.45) is 0 Å². The number of hydrogen-bond acceptors (Lipinski definition) is 4. The summed E-state index contributed by atoms with van der Waals surface area (Å²) in [5, 5.41) is 4.95. The predicted molar refractivity (Wildman–Crippen MR) is 74.0 cm³/mol. The Morgan fingerprint density at radius 1 is 1.35 bits per heavy atom. The molecule has 108 valence electrons. The van der Waals surface area contributed by atoms with Crippen LogP contribution in [-0.4, -0.2) is 13.2 Å². The number of alkyl halides is 2. The van der Waals surface area contributed by atoms with Gasteiger partial charge in [0.2, 0.25) is 0 Å². The maximum absolute atomic E-state index is 13.4. The minimum Gasteiger partial charge on any atom is -0.432 e. The van der Waals surface area contributed by atoms with Crippen LogP contribution in [0, 0.1) is 5.82 Å². The van der Waals surface area contributed by atoms with Gasteiger partial charge in [-0.25, -0.2) is 4.39 Å². The van der Waals surface area contributed by atoms with Crippen molar-refractivity contribution in [2.45, 2.75) is 13.0 Å². The highest BCUT2D eigenvalue weighted by Crippen LogP contribution is 2.29. The molecule has 0 aliphatic rings. The first-order chi connectivity index (χ1) is 9.56. The zero-order chi connectivity index (χ0) is 14.5. The van der Waals surface area contributed by atoms with Gasteiger partial charge in [0.15, 0.2) is 11.6 Å². The molecule has 0 spiro atoms. The van der Waals surface area contributed by atoms with E-state index in [-0.39, 0.29) is 5.69 Å². The van der Waals surface area contributed by atoms with Crippen molar-refractivity contribution in [3.05, 3.63) is 40.3 Å². The predicted octanol–water partition coefficient (Wildman–Crippen LogP) is 3.73. The molecular weight excluding hydrogens is 289 g/mol. The van der Waals surface area contributed by atoms with Gasteiger partial charge in [-0.15, -0.1) is 11.3 Å². The third kappa shape index (κ3) is 3.80. The molecule has 0 aliphatic heterocycles. The number of nitrogens with one attached hydrogen (secondary N) is 1. The van der Waals surface area contributed by atoms with Crippen molar-refractivity contribution < 1.29 is 17.9 Å². The van der Waals surface area contributed by atoms with Crippen LogP contribution in [-0.2, 0) is 6.42 Å². The molecule has 0 radical (unpaired) electrons. The Balaban J connectivity index is 2.02. The van der Waals surface area contributed by atoms with Crippen LogP contribution in [0.3, 0.4) is 0 Å². The summed E-state index contributed by atoms with van der Waals surface area (Å²) in [4.78, 5) is 1.18. The average molecular weight is 302 g/mol. The minimum absolute atomic E-state index is 0.148. The number of anilines is 2. The molecule has 3 N–H and O–H groups in total. The van der Waals surface area contributed by atoms with Gasteiger partial charge in [-0.05, 0) is 17.9 Å². The summed E-state index contributed by atoms with van der Waals surface area (Å²) in [7, 11) is 0. The maximum atomic E-state index is 13.4. The fourth-order valence-electron chi connectivity index (χ4n) is 1.68. The molecule has 0 saturated heterocycles. The normalized spacial score (nSPS) is 10.8.